The van der Waals surface area contributed by atoms with Gasteiger partial charge in [0.05, 0.1) is 11.5 Å². The lowest BCUT2D eigenvalue weighted by molar-refractivity contribution is -0.196. The van der Waals surface area contributed by atoms with Crippen LogP contribution in [0.4, 0.5) is 13.2 Å². The molecule has 0 amide bonds. The van der Waals surface area contributed by atoms with Crippen LogP contribution in [-0.2, 0) is 10.3 Å². The minimum absolute atomic E-state index is 0.220. The zero-order valence-electron chi connectivity index (χ0n) is 10.1. The molecule has 1 fully saturated rings. The maximum absolute atomic E-state index is 11.9. The summed E-state index contributed by atoms with van der Waals surface area (Å²) >= 11 is 0. The highest BCUT2D eigenvalue weighted by Crippen LogP contribution is 2.43. The van der Waals surface area contributed by atoms with Gasteiger partial charge in [-0.25, -0.2) is 0 Å². The molecule has 3 nitrogen and oxygen atoms in total. The van der Waals surface area contributed by atoms with Gasteiger partial charge in [0.15, 0.2) is 6.61 Å². The highest BCUT2D eigenvalue weighted by atomic mass is 19.4. The van der Waals surface area contributed by atoms with Crippen LogP contribution in [0.5, 0.6) is 0 Å². The second kappa shape index (κ2) is 5.19. The summed E-state index contributed by atoms with van der Waals surface area (Å²) in [6.07, 6.45) is -3.45. The third-order valence-corrected chi connectivity index (χ3v) is 3.22. The van der Waals surface area contributed by atoms with Gasteiger partial charge >= 0.3 is 6.18 Å². The molecule has 1 aromatic carbocycles. The first-order valence-corrected chi connectivity index (χ1v) is 5.86. The van der Waals surface area contributed by atoms with Crippen LogP contribution in [0.15, 0.2) is 30.3 Å². The zero-order chi connectivity index (χ0) is 13.9. The van der Waals surface area contributed by atoms with E-state index < -0.39 is 18.2 Å². The number of benzene rings is 1. The number of halogens is 3. The molecule has 102 valence electrons. The van der Waals surface area contributed by atoms with Crippen LogP contribution < -0.4 is 5.48 Å². The Hall–Kier alpha value is -1.58. The van der Waals surface area contributed by atoms with Crippen molar-refractivity contribution < 1.29 is 18.0 Å². The van der Waals surface area contributed by atoms with Crippen LogP contribution in [0.25, 0.3) is 0 Å². The molecule has 6 heteroatoms. The predicted octanol–water partition coefficient (Wildman–Crippen LogP) is 2.69. The molecule has 0 unspecified atom stereocenters. The quantitative estimate of drug-likeness (QED) is 0.855. The standard InChI is InChI=1S/C13H13F3N2O/c14-13(15,16)9-19-18-11-6-12(7-11,8-17)10-4-2-1-3-5-10/h1-5,11,18H,6-7,9H2. The smallest absolute Gasteiger partial charge is 0.292 e. The van der Waals surface area contributed by atoms with Crippen LogP contribution >= 0.6 is 0 Å². The molecule has 0 saturated heterocycles. The van der Waals surface area contributed by atoms with Gasteiger partial charge in [0.2, 0.25) is 0 Å². The van der Waals surface area contributed by atoms with E-state index in [0.717, 1.165) is 5.56 Å². The molecule has 0 bridgehead atoms. The van der Waals surface area contributed by atoms with E-state index in [4.69, 9.17) is 0 Å². The molecular weight excluding hydrogens is 257 g/mol. The molecule has 0 aromatic heterocycles. The first kappa shape index (κ1) is 13.8. The monoisotopic (exact) mass is 270 g/mol. The Bertz CT molecular complexity index is 461. The summed E-state index contributed by atoms with van der Waals surface area (Å²) in [5, 5.41) is 9.26. The van der Waals surface area contributed by atoms with Gasteiger partial charge in [-0.1, -0.05) is 30.3 Å². The van der Waals surface area contributed by atoms with Crippen LogP contribution in [0.1, 0.15) is 18.4 Å². The fourth-order valence-corrected chi connectivity index (χ4v) is 2.25. The second-order valence-electron chi connectivity index (χ2n) is 4.69. The summed E-state index contributed by atoms with van der Waals surface area (Å²) < 4.78 is 35.7. The molecule has 0 atom stereocenters. The molecule has 0 spiro atoms. The number of rotatable bonds is 4. The topological polar surface area (TPSA) is 45.0 Å². The van der Waals surface area contributed by atoms with Crippen molar-refractivity contribution in [1.82, 2.24) is 5.48 Å². The van der Waals surface area contributed by atoms with Crippen molar-refractivity contribution in [2.75, 3.05) is 6.61 Å². The number of hydroxylamine groups is 1. The number of hydrogen-bond donors (Lipinski definition) is 1. The molecule has 1 N–H and O–H groups in total. The van der Waals surface area contributed by atoms with E-state index in [1.54, 1.807) is 0 Å². The summed E-state index contributed by atoms with van der Waals surface area (Å²) in [6.45, 7) is -1.33. The summed E-state index contributed by atoms with van der Waals surface area (Å²) in [4.78, 5) is 4.39. The van der Waals surface area contributed by atoms with Gasteiger partial charge in [-0.05, 0) is 18.4 Å². The van der Waals surface area contributed by atoms with Crippen LogP contribution in [0.3, 0.4) is 0 Å². The SMILES string of the molecule is N#CC1(c2ccccc2)CC(NOCC(F)(F)F)C1. The number of nitrogens with zero attached hydrogens (tertiary/aromatic N) is 1. The molecular formula is C13H13F3N2O. The molecule has 1 aliphatic carbocycles. The van der Waals surface area contributed by atoms with Crippen molar-refractivity contribution in [3.05, 3.63) is 35.9 Å². The van der Waals surface area contributed by atoms with E-state index in [2.05, 4.69) is 16.4 Å². The van der Waals surface area contributed by atoms with Gasteiger partial charge < -0.3 is 0 Å². The normalized spacial score (nSPS) is 26.5. The van der Waals surface area contributed by atoms with Crippen molar-refractivity contribution in [3.63, 3.8) is 0 Å². The van der Waals surface area contributed by atoms with Gasteiger partial charge in [-0.15, -0.1) is 0 Å². The van der Waals surface area contributed by atoms with E-state index >= 15 is 0 Å². The van der Waals surface area contributed by atoms with Crippen molar-refractivity contribution in [3.8, 4) is 6.07 Å². The van der Waals surface area contributed by atoms with Crippen LogP contribution in [0, 0.1) is 11.3 Å². The number of hydrogen-bond acceptors (Lipinski definition) is 3. The lowest BCUT2D eigenvalue weighted by Gasteiger charge is -2.42. The van der Waals surface area contributed by atoms with Crippen molar-refractivity contribution in [1.29, 1.82) is 5.26 Å². The summed E-state index contributed by atoms with van der Waals surface area (Å²) in [6, 6.07) is 11.3. The van der Waals surface area contributed by atoms with Crippen molar-refractivity contribution in [2.24, 2.45) is 0 Å². The molecule has 1 aliphatic rings. The van der Waals surface area contributed by atoms with Crippen molar-refractivity contribution >= 4 is 0 Å². The zero-order valence-corrected chi connectivity index (χ0v) is 10.1. The molecule has 0 aliphatic heterocycles. The van der Waals surface area contributed by atoms with Crippen LogP contribution in [-0.4, -0.2) is 18.8 Å². The van der Waals surface area contributed by atoms with E-state index in [0.29, 0.717) is 12.8 Å². The summed E-state index contributed by atoms with van der Waals surface area (Å²) in [7, 11) is 0. The number of nitriles is 1. The minimum atomic E-state index is -4.34. The van der Waals surface area contributed by atoms with Gasteiger partial charge in [-0.2, -0.15) is 23.9 Å². The maximum Gasteiger partial charge on any atom is 0.413 e. The molecule has 2 rings (SSSR count). The largest absolute Gasteiger partial charge is 0.413 e. The Morgan fingerprint density at radius 1 is 1.32 bits per heavy atom. The van der Waals surface area contributed by atoms with Gasteiger partial charge in [-0.3, -0.25) is 4.84 Å². The van der Waals surface area contributed by atoms with E-state index in [-0.39, 0.29) is 6.04 Å². The Balaban J connectivity index is 1.86. The molecule has 0 radical (unpaired) electrons. The van der Waals surface area contributed by atoms with Gasteiger partial charge in [0, 0.05) is 6.04 Å². The molecule has 0 heterocycles. The van der Waals surface area contributed by atoms with Gasteiger partial charge in [0.1, 0.15) is 0 Å². The Kier molecular flexibility index (Phi) is 3.78. The lowest BCUT2D eigenvalue weighted by atomic mass is 9.63. The Labute approximate surface area is 108 Å². The molecule has 1 saturated carbocycles. The van der Waals surface area contributed by atoms with E-state index in [1.165, 1.54) is 0 Å². The third-order valence-electron chi connectivity index (χ3n) is 3.22. The number of alkyl halides is 3. The van der Waals surface area contributed by atoms with Crippen LogP contribution in [0.2, 0.25) is 0 Å². The fourth-order valence-electron chi connectivity index (χ4n) is 2.25. The maximum atomic E-state index is 11.9. The predicted molar refractivity (Wildman–Crippen MR) is 61.9 cm³/mol. The first-order valence-electron chi connectivity index (χ1n) is 5.86. The van der Waals surface area contributed by atoms with E-state index in [9.17, 15) is 18.4 Å². The Morgan fingerprint density at radius 3 is 2.47 bits per heavy atom. The van der Waals surface area contributed by atoms with E-state index in [1.807, 2.05) is 30.3 Å². The first-order chi connectivity index (χ1) is 8.95. The molecule has 1 aromatic rings. The third kappa shape index (κ3) is 3.25. The molecule has 19 heavy (non-hydrogen) atoms. The second-order valence-corrected chi connectivity index (χ2v) is 4.69. The summed E-state index contributed by atoms with van der Waals surface area (Å²) in [5.41, 5.74) is 2.65. The minimum Gasteiger partial charge on any atom is -0.292 e. The average Bonchev–Trinajstić information content (AvgIpc) is 2.32. The van der Waals surface area contributed by atoms with Gasteiger partial charge in [0.25, 0.3) is 0 Å². The highest BCUT2D eigenvalue weighted by molar-refractivity contribution is 5.36. The Morgan fingerprint density at radius 2 is 1.95 bits per heavy atom. The summed E-state index contributed by atoms with van der Waals surface area (Å²) in [5.74, 6) is 0. The highest BCUT2D eigenvalue weighted by Gasteiger charge is 2.46. The average molecular weight is 270 g/mol. The van der Waals surface area contributed by atoms with Crippen molar-refractivity contribution in [2.45, 2.75) is 30.5 Å². The lowest BCUT2D eigenvalue weighted by Crippen LogP contribution is -2.51. The fraction of sp³-hybridized carbons (Fsp3) is 0.462. The number of nitrogens with one attached hydrogen (secondary N) is 1.